The predicted octanol–water partition coefficient (Wildman–Crippen LogP) is 1.91. The van der Waals surface area contributed by atoms with Gasteiger partial charge in [-0.2, -0.15) is 0 Å². The highest BCUT2D eigenvalue weighted by molar-refractivity contribution is 5.39. The highest BCUT2D eigenvalue weighted by Gasteiger charge is 2.18. The Balaban J connectivity index is 1.54. The van der Waals surface area contributed by atoms with Gasteiger partial charge in [0, 0.05) is 31.5 Å². The number of likely N-dealkylation sites (N-methyl/N-ethyl adjacent to an activating group) is 1. The van der Waals surface area contributed by atoms with E-state index in [0.717, 1.165) is 24.4 Å². The Labute approximate surface area is 114 Å². The summed E-state index contributed by atoms with van der Waals surface area (Å²) in [5.41, 5.74) is 2.14. The fraction of sp³-hybridized carbons (Fsp3) is 0.533. The summed E-state index contributed by atoms with van der Waals surface area (Å²) in [4.78, 5) is 7.07. The molecule has 0 aliphatic carbocycles. The monoisotopic (exact) mass is 258 g/mol. The van der Waals surface area contributed by atoms with E-state index in [4.69, 9.17) is 0 Å². The second kappa shape index (κ2) is 5.72. The second-order valence-corrected chi connectivity index (χ2v) is 5.46. The average Bonchev–Trinajstić information content (AvgIpc) is 2.83. The molecule has 0 bridgehead atoms. The third kappa shape index (κ3) is 2.96. The number of nitrogens with zero attached hydrogens (tertiary/aromatic N) is 3. The van der Waals surface area contributed by atoms with Gasteiger partial charge in [-0.1, -0.05) is 12.5 Å². The number of hydrogen-bond donors (Lipinski definition) is 1. The van der Waals surface area contributed by atoms with Crippen molar-refractivity contribution in [3.63, 3.8) is 0 Å². The van der Waals surface area contributed by atoms with Gasteiger partial charge in [0.15, 0.2) is 0 Å². The van der Waals surface area contributed by atoms with Gasteiger partial charge in [-0.3, -0.25) is 0 Å². The summed E-state index contributed by atoms with van der Waals surface area (Å²) in [6.45, 7) is 3.15. The zero-order chi connectivity index (χ0) is 13.1. The zero-order valence-corrected chi connectivity index (χ0v) is 11.5. The molecule has 1 N–H and O–H groups in total. The molecule has 4 heteroatoms. The van der Waals surface area contributed by atoms with Gasteiger partial charge in [0.25, 0.3) is 0 Å². The van der Waals surface area contributed by atoms with E-state index in [1.165, 1.54) is 25.8 Å². The van der Waals surface area contributed by atoms with Crippen LogP contribution in [0.3, 0.4) is 0 Å². The molecule has 0 amide bonds. The molecule has 19 heavy (non-hydrogen) atoms. The number of hydrogen-bond acceptors (Lipinski definition) is 3. The SMILES string of the molecule is CN1CCCCC1CNCc1cn2ccccc2n1. The zero-order valence-electron chi connectivity index (χ0n) is 11.5. The number of aromatic nitrogens is 2. The summed E-state index contributed by atoms with van der Waals surface area (Å²) in [6.07, 6.45) is 8.17. The number of piperidine rings is 1. The van der Waals surface area contributed by atoms with E-state index < -0.39 is 0 Å². The third-order valence-corrected chi connectivity index (χ3v) is 4.02. The van der Waals surface area contributed by atoms with Crippen molar-refractivity contribution in [2.75, 3.05) is 20.1 Å². The van der Waals surface area contributed by atoms with Crippen molar-refractivity contribution in [1.29, 1.82) is 0 Å². The van der Waals surface area contributed by atoms with Gasteiger partial charge in [-0.25, -0.2) is 4.98 Å². The molecular weight excluding hydrogens is 236 g/mol. The lowest BCUT2D eigenvalue weighted by atomic mass is 10.0. The Kier molecular flexibility index (Phi) is 3.80. The van der Waals surface area contributed by atoms with Gasteiger partial charge in [-0.05, 0) is 38.6 Å². The molecule has 0 radical (unpaired) electrons. The van der Waals surface area contributed by atoms with Crippen LogP contribution in [-0.2, 0) is 6.54 Å². The Hall–Kier alpha value is -1.39. The minimum atomic E-state index is 0.686. The molecule has 0 saturated carbocycles. The summed E-state index contributed by atoms with van der Waals surface area (Å²) < 4.78 is 2.07. The summed E-state index contributed by atoms with van der Waals surface area (Å²) in [5.74, 6) is 0. The van der Waals surface area contributed by atoms with Crippen LogP contribution in [0.5, 0.6) is 0 Å². The highest BCUT2D eigenvalue weighted by Crippen LogP contribution is 2.14. The number of likely N-dealkylation sites (tertiary alicyclic amines) is 1. The molecule has 4 nitrogen and oxygen atoms in total. The van der Waals surface area contributed by atoms with Crippen molar-refractivity contribution in [3.05, 3.63) is 36.3 Å². The van der Waals surface area contributed by atoms with E-state index in [1.807, 2.05) is 24.4 Å². The minimum absolute atomic E-state index is 0.686. The van der Waals surface area contributed by atoms with Gasteiger partial charge in [0.05, 0.1) is 5.69 Å². The summed E-state index contributed by atoms with van der Waals surface area (Å²) in [5, 5.41) is 3.55. The van der Waals surface area contributed by atoms with E-state index in [2.05, 4.69) is 32.8 Å². The molecule has 1 saturated heterocycles. The first-order valence-corrected chi connectivity index (χ1v) is 7.16. The van der Waals surface area contributed by atoms with E-state index in [0.29, 0.717) is 6.04 Å². The van der Waals surface area contributed by atoms with E-state index >= 15 is 0 Å². The maximum absolute atomic E-state index is 4.60. The lowest BCUT2D eigenvalue weighted by molar-refractivity contribution is 0.181. The number of rotatable bonds is 4. The maximum Gasteiger partial charge on any atom is 0.137 e. The van der Waals surface area contributed by atoms with E-state index in [1.54, 1.807) is 0 Å². The topological polar surface area (TPSA) is 32.6 Å². The van der Waals surface area contributed by atoms with Crippen LogP contribution in [-0.4, -0.2) is 40.5 Å². The molecule has 1 fully saturated rings. The molecular formula is C15H22N4. The van der Waals surface area contributed by atoms with Gasteiger partial charge in [0.2, 0.25) is 0 Å². The van der Waals surface area contributed by atoms with E-state index in [9.17, 15) is 0 Å². The number of imidazole rings is 1. The largest absolute Gasteiger partial charge is 0.310 e. The number of nitrogens with one attached hydrogen (secondary N) is 1. The minimum Gasteiger partial charge on any atom is -0.310 e. The first-order chi connectivity index (χ1) is 9.33. The van der Waals surface area contributed by atoms with Gasteiger partial charge >= 0.3 is 0 Å². The molecule has 102 valence electrons. The van der Waals surface area contributed by atoms with Gasteiger partial charge in [-0.15, -0.1) is 0 Å². The smallest absolute Gasteiger partial charge is 0.137 e. The molecule has 2 aromatic rings. The third-order valence-electron chi connectivity index (χ3n) is 4.02. The summed E-state index contributed by atoms with van der Waals surface area (Å²) >= 11 is 0. The lowest BCUT2D eigenvalue weighted by Gasteiger charge is -2.32. The number of fused-ring (bicyclic) bond motifs is 1. The first kappa shape index (κ1) is 12.6. The van der Waals surface area contributed by atoms with Crippen LogP contribution in [0.25, 0.3) is 5.65 Å². The molecule has 0 spiro atoms. The van der Waals surface area contributed by atoms with E-state index in [-0.39, 0.29) is 0 Å². The van der Waals surface area contributed by atoms with Crippen molar-refractivity contribution >= 4 is 5.65 Å². The predicted molar refractivity (Wildman–Crippen MR) is 77.2 cm³/mol. The lowest BCUT2D eigenvalue weighted by Crippen LogP contribution is -2.42. The highest BCUT2D eigenvalue weighted by atomic mass is 15.2. The maximum atomic E-state index is 4.60. The van der Waals surface area contributed by atoms with Crippen molar-refractivity contribution in [3.8, 4) is 0 Å². The summed E-state index contributed by atoms with van der Waals surface area (Å²) in [6, 6.07) is 6.78. The summed E-state index contributed by atoms with van der Waals surface area (Å²) in [7, 11) is 2.23. The van der Waals surface area contributed by atoms with Crippen LogP contribution in [0.1, 0.15) is 25.0 Å². The van der Waals surface area contributed by atoms with Crippen molar-refractivity contribution in [2.24, 2.45) is 0 Å². The Morgan fingerprint density at radius 1 is 1.37 bits per heavy atom. The second-order valence-electron chi connectivity index (χ2n) is 5.46. The van der Waals surface area contributed by atoms with Gasteiger partial charge in [0.1, 0.15) is 5.65 Å². The van der Waals surface area contributed by atoms with Crippen LogP contribution < -0.4 is 5.32 Å². The normalized spacial score (nSPS) is 21.0. The molecule has 3 heterocycles. The fourth-order valence-electron chi connectivity index (χ4n) is 2.84. The van der Waals surface area contributed by atoms with Crippen LogP contribution in [0.4, 0.5) is 0 Å². The van der Waals surface area contributed by atoms with Crippen molar-refractivity contribution in [2.45, 2.75) is 31.8 Å². The van der Waals surface area contributed by atoms with Crippen molar-refractivity contribution in [1.82, 2.24) is 19.6 Å². The van der Waals surface area contributed by atoms with Crippen LogP contribution in [0.15, 0.2) is 30.6 Å². The molecule has 1 unspecified atom stereocenters. The molecule has 1 aliphatic heterocycles. The Morgan fingerprint density at radius 2 is 2.32 bits per heavy atom. The fourth-order valence-corrected chi connectivity index (χ4v) is 2.84. The standard InChI is InChI=1S/C15H22N4/c1-18-8-4-2-6-14(18)11-16-10-13-12-19-9-5-3-7-15(19)17-13/h3,5,7,9,12,14,16H,2,4,6,8,10-11H2,1H3. The van der Waals surface area contributed by atoms with Gasteiger partial charge < -0.3 is 14.6 Å². The van der Waals surface area contributed by atoms with Crippen LogP contribution >= 0.6 is 0 Å². The quantitative estimate of drug-likeness (QED) is 0.909. The molecule has 3 rings (SSSR count). The average molecular weight is 258 g/mol. The van der Waals surface area contributed by atoms with Crippen LogP contribution in [0.2, 0.25) is 0 Å². The number of pyridine rings is 1. The van der Waals surface area contributed by atoms with Crippen LogP contribution in [0, 0.1) is 0 Å². The molecule has 1 aliphatic rings. The first-order valence-electron chi connectivity index (χ1n) is 7.16. The molecule has 1 atom stereocenters. The molecule has 2 aromatic heterocycles. The Morgan fingerprint density at radius 3 is 3.16 bits per heavy atom. The Bertz CT molecular complexity index is 501. The molecule has 0 aromatic carbocycles. The van der Waals surface area contributed by atoms with Crippen molar-refractivity contribution < 1.29 is 0 Å².